The van der Waals surface area contributed by atoms with Crippen molar-refractivity contribution in [3.05, 3.63) is 12.7 Å². The Balaban J connectivity index is 4.23. The first-order chi connectivity index (χ1) is 5.46. The van der Waals surface area contributed by atoms with Crippen molar-refractivity contribution in [1.29, 1.82) is 0 Å². The second-order valence-corrected chi connectivity index (χ2v) is 4.10. The van der Waals surface area contributed by atoms with E-state index in [-0.39, 0.29) is 11.5 Å². The maximum absolute atomic E-state index is 9.58. The highest BCUT2D eigenvalue weighted by atomic mass is 16.3. The quantitative estimate of drug-likeness (QED) is 0.629. The van der Waals surface area contributed by atoms with E-state index >= 15 is 0 Å². The average Bonchev–Trinajstić information content (AvgIpc) is 2.03. The molecule has 0 bridgehead atoms. The van der Waals surface area contributed by atoms with Gasteiger partial charge in [0.2, 0.25) is 0 Å². The fourth-order valence-corrected chi connectivity index (χ4v) is 1.43. The molecule has 0 rings (SSSR count). The standard InChI is InChI=1S/C11H22O/c1-6-9(3)8-11(5,7-2)10(4)12/h6,9-10,12H,1,7-8H2,2-5H3. The molecule has 3 unspecified atom stereocenters. The molecule has 0 saturated carbocycles. The van der Waals surface area contributed by atoms with Crippen LogP contribution in [-0.4, -0.2) is 11.2 Å². The lowest BCUT2D eigenvalue weighted by molar-refractivity contribution is 0.0355. The van der Waals surface area contributed by atoms with Gasteiger partial charge < -0.3 is 5.11 Å². The van der Waals surface area contributed by atoms with Gasteiger partial charge >= 0.3 is 0 Å². The molecule has 1 N–H and O–H groups in total. The number of aliphatic hydroxyl groups is 1. The Labute approximate surface area is 76.5 Å². The van der Waals surface area contributed by atoms with Gasteiger partial charge in [-0.15, -0.1) is 6.58 Å². The van der Waals surface area contributed by atoms with Crippen molar-refractivity contribution in [3.8, 4) is 0 Å². The van der Waals surface area contributed by atoms with Gasteiger partial charge in [-0.25, -0.2) is 0 Å². The molecule has 3 atom stereocenters. The van der Waals surface area contributed by atoms with E-state index in [2.05, 4.69) is 27.4 Å². The predicted molar refractivity (Wildman–Crippen MR) is 54.1 cm³/mol. The second kappa shape index (κ2) is 4.66. The summed E-state index contributed by atoms with van der Waals surface area (Å²) in [6, 6.07) is 0. The zero-order valence-electron chi connectivity index (χ0n) is 8.80. The molecule has 0 aromatic rings. The SMILES string of the molecule is C=CC(C)CC(C)(CC)C(C)O. The minimum atomic E-state index is -0.232. The molecule has 0 amide bonds. The number of allylic oxidation sites excluding steroid dienone is 1. The lowest BCUT2D eigenvalue weighted by Gasteiger charge is -2.33. The summed E-state index contributed by atoms with van der Waals surface area (Å²) in [5.74, 6) is 0.490. The first-order valence-corrected chi connectivity index (χ1v) is 4.77. The van der Waals surface area contributed by atoms with Crippen molar-refractivity contribution in [2.24, 2.45) is 11.3 Å². The zero-order valence-corrected chi connectivity index (χ0v) is 8.80. The van der Waals surface area contributed by atoms with Crippen LogP contribution in [0.25, 0.3) is 0 Å². The molecule has 12 heavy (non-hydrogen) atoms. The Morgan fingerprint density at radius 2 is 2.00 bits per heavy atom. The third-order valence-corrected chi connectivity index (χ3v) is 3.01. The second-order valence-electron chi connectivity index (χ2n) is 4.10. The molecular formula is C11H22O. The summed E-state index contributed by atoms with van der Waals surface area (Å²) in [5, 5.41) is 9.58. The van der Waals surface area contributed by atoms with Gasteiger partial charge in [-0.3, -0.25) is 0 Å². The molecule has 0 aromatic carbocycles. The zero-order chi connectivity index (χ0) is 9.78. The molecule has 0 aliphatic carbocycles. The molecule has 0 aliphatic heterocycles. The maximum atomic E-state index is 9.58. The molecule has 0 spiro atoms. The van der Waals surface area contributed by atoms with Gasteiger partial charge in [0, 0.05) is 0 Å². The van der Waals surface area contributed by atoms with Crippen molar-refractivity contribution in [3.63, 3.8) is 0 Å². The van der Waals surface area contributed by atoms with Crippen LogP contribution < -0.4 is 0 Å². The van der Waals surface area contributed by atoms with Gasteiger partial charge in [0.15, 0.2) is 0 Å². The van der Waals surface area contributed by atoms with Crippen molar-refractivity contribution in [1.82, 2.24) is 0 Å². The first kappa shape index (κ1) is 11.7. The normalized spacial score (nSPS) is 21.1. The van der Waals surface area contributed by atoms with Gasteiger partial charge in [-0.05, 0) is 31.1 Å². The van der Waals surface area contributed by atoms with Gasteiger partial charge in [-0.1, -0.05) is 26.8 Å². The van der Waals surface area contributed by atoms with Crippen molar-refractivity contribution < 1.29 is 5.11 Å². The molecule has 1 nitrogen and oxygen atoms in total. The smallest absolute Gasteiger partial charge is 0.0565 e. The Morgan fingerprint density at radius 1 is 1.50 bits per heavy atom. The summed E-state index contributed by atoms with van der Waals surface area (Å²) >= 11 is 0. The Hall–Kier alpha value is -0.300. The van der Waals surface area contributed by atoms with Gasteiger partial charge in [0.1, 0.15) is 0 Å². The van der Waals surface area contributed by atoms with Crippen molar-refractivity contribution in [2.75, 3.05) is 0 Å². The summed E-state index contributed by atoms with van der Waals surface area (Å²) in [7, 11) is 0. The van der Waals surface area contributed by atoms with Gasteiger partial charge in [0.05, 0.1) is 6.10 Å². The lowest BCUT2D eigenvalue weighted by Crippen LogP contribution is -2.30. The number of aliphatic hydroxyl groups excluding tert-OH is 1. The molecule has 0 saturated heterocycles. The van der Waals surface area contributed by atoms with E-state index in [4.69, 9.17) is 0 Å². The van der Waals surface area contributed by atoms with Crippen LogP contribution in [-0.2, 0) is 0 Å². The third-order valence-electron chi connectivity index (χ3n) is 3.01. The van der Waals surface area contributed by atoms with Crippen LogP contribution in [0, 0.1) is 11.3 Å². The van der Waals surface area contributed by atoms with Gasteiger partial charge in [0.25, 0.3) is 0 Å². The minimum Gasteiger partial charge on any atom is -0.393 e. The summed E-state index contributed by atoms with van der Waals surface area (Å²) < 4.78 is 0. The Morgan fingerprint density at radius 3 is 2.25 bits per heavy atom. The van der Waals surface area contributed by atoms with E-state index in [9.17, 15) is 5.11 Å². The predicted octanol–water partition coefficient (Wildman–Crippen LogP) is 3.00. The van der Waals surface area contributed by atoms with E-state index in [1.807, 2.05) is 13.0 Å². The molecule has 0 fully saturated rings. The summed E-state index contributed by atoms with van der Waals surface area (Å²) in [6.45, 7) is 12.0. The number of hydrogen-bond acceptors (Lipinski definition) is 1. The summed E-state index contributed by atoms with van der Waals surface area (Å²) in [4.78, 5) is 0. The topological polar surface area (TPSA) is 20.2 Å². The maximum Gasteiger partial charge on any atom is 0.0565 e. The van der Waals surface area contributed by atoms with Crippen LogP contribution in [0.3, 0.4) is 0 Å². The fourth-order valence-electron chi connectivity index (χ4n) is 1.43. The molecule has 0 heterocycles. The Kier molecular flexibility index (Phi) is 4.54. The number of hydrogen-bond donors (Lipinski definition) is 1. The van der Waals surface area contributed by atoms with Crippen LogP contribution in [0.1, 0.15) is 40.5 Å². The highest BCUT2D eigenvalue weighted by Gasteiger charge is 2.28. The molecule has 1 heteroatoms. The van der Waals surface area contributed by atoms with Crippen LogP contribution in [0.15, 0.2) is 12.7 Å². The summed E-state index contributed by atoms with van der Waals surface area (Å²) in [5.41, 5.74) is 0.0492. The van der Waals surface area contributed by atoms with E-state index in [1.165, 1.54) is 0 Å². The highest BCUT2D eigenvalue weighted by molar-refractivity contribution is 4.85. The van der Waals surface area contributed by atoms with Crippen LogP contribution in [0.5, 0.6) is 0 Å². The van der Waals surface area contributed by atoms with Crippen molar-refractivity contribution >= 4 is 0 Å². The lowest BCUT2D eigenvalue weighted by atomic mass is 9.75. The van der Waals surface area contributed by atoms with Crippen LogP contribution in [0.4, 0.5) is 0 Å². The minimum absolute atomic E-state index is 0.0492. The monoisotopic (exact) mass is 170 g/mol. The molecule has 72 valence electrons. The van der Waals surface area contributed by atoms with Crippen LogP contribution in [0.2, 0.25) is 0 Å². The molecule has 0 radical (unpaired) electrons. The van der Waals surface area contributed by atoms with E-state index in [1.54, 1.807) is 0 Å². The summed E-state index contributed by atoms with van der Waals surface area (Å²) in [6.07, 6.45) is 3.76. The third kappa shape index (κ3) is 2.98. The van der Waals surface area contributed by atoms with E-state index < -0.39 is 0 Å². The van der Waals surface area contributed by atoms with Crippen LogP contribution >= 0.6 is 0 Å². The van der Waals surface area contributed by atoms with Crippen molar-refractivity contribution in [2.45, 2.75) is 46.6 Å². The molecule has 0 aliphatic rings. The molecule has 0 aromatic heterocycles. The van der Waals surface area contributed by atoms with E-state index in [0.29, 0.717) is 5.92 Å². The first-order valence-electron chi connectivity index (χ1n) is 4.77. The highest BCUT2D eigenvalue weighted by Crippen LogP contribution is 2.33. The number of rotatable bonds is 5. The molecular weight excluding hydrogens is 148 g/mol. The largest absolute Gasteiger partial charge is 0.393 e. The van der Waals surface area contributed by atoms with E-state index in [0.717, 1.165) is 12.8 Å². The fraction of sp³-hybridized carbons (Fsp3) is 0.818. The average molecular weight is 170 g/mol. The van der Waals surface area contributed by atoms with Gasteiger partial charge in [-0.2, -0.15) is 0 Å². The Bertz CT molecular complexity index is 140.